The van der Waals surface area contributed by atoms with Crippen LogP contribution in [0.3, 0.4) is 0 Å². The summed E-state index contributed by atoms with van der Waals surface area (Å²) in [5.74, 6) is 0.103. The molecule has 2 aliphatic heterocycles. The Labute approximate surface area is 170 Å². The lowest BCUT2D eigenvalue weighted by molar-refractivity contribution is -0.197. The molecule has 5 nitrogen and oxygen atoms in total. The first kappa shape index (κ1) is 20.6. The van der Waals surface area contributed by atoms with E-state index in [1.54, 1.807) is 0 Å². The van der Waals surface area contributed by atoms with Gasteiger partial charge in [-0.15, -0.1) is 0 Å². The number of hydrogen-bond donors (Lipinski definition) is 0. The molecule has 2 saturated heterocycles. The molecule has 4 aliphatic rings. The third-order valence-electron chi connectivity index (χ3n) is 8.67. The van der Waals surface area contributed by atoms with Gasteiger partial charge in [-0.05, 0) is 37.5 Å². The molecule has 0 radical (unpaired) electrons. The SMILES string of the molecule is CCCCCCC[C@@H]1ON2[C@@H]3[C@H]4CC[C@@](C)([C@@H]3O[C@H]2[C@H]1C(=O)OCC)C4(C)C. The predicted octanol–water partition coefficient (Wildman–Crippen LogP) is 4.69. The van der Waals surface area contributed by atoms with Crippen molar-refractivity contribution in [1.82, 2.24) is 5.06 Å². The third kappa shape index (κ3) is 2.87. The summed E-state index contributed by atoms with van der Waals surface area (Å²) in [5.41, 5.74) is 0.402. The van der Waals surface area contributed by atoms with Crippen molar-refractivity contribution >= 4 is 5.97 Å². The van der Waals surface area contributed by atoms with E-state index in [0.29, 0.717) is 12.5 Å². The van der Waals surface area contributed by atoms with E-state index in [2.05, 4.69) is 32.8 Å². The molecule has 28 heavy (non-hydrogen) atoms. The van der Waals surface area contributed by atoms with Gasteiger partial charge in [-0.25, -0.2) is 0 Å². The first-order chi connectivity index (χ1) is 13.4. The van der Waals surface area contributed by atoms with Crippen LogP contribution in [-0.2, 0) is 19.1 Å². The smallest absolute Gasteiger partial charge is 0.315 e. The number of carbonyl (C=O) groups excluding carboxylic acids is 1. The number of hydroxylamine groups is 2. The minimum atomic E-state index is -0.317. The van der Waals surface area contributed by atoms with E-state index < -0.39 is 0 Å². The molecule has 0 amide bonds. The van der Waals surface area contributed by atoms with Crippen LogP contribution in [0.2, 0.25) is 0 Å². The van der Waals surface area contributed by atoms with Crippen LogP contribution in [0.15, 0.2) is 0 Å². The second-order valence-corrected chi connectivity index (χ2v) is 10.2. The van der Waals surface area contributed by atoms with Crippen LogP contribution in [0, 0.1) is 22.7 Å². The lowest BCUT2D eigenvalue weighted by atomic mass is 9.70. The Balaban J connectivity index is 1.50. The van der Waals surface area contributed by atoms with Crippen molar-refractivity contribution in [1.29, 1.82) is 0 Å². The topological polar surface area (TPSA) is 48.0 Å². The highest BCUT2D eigenvalue weighted by molar-refractivity contribution is 5.74. The largest absolute Gasteiger partial charge is 0.466 e. The average molecular weight is 394 g/mol. The van der Waals surface area contributed by atoms with Gasteiger partial charge < -0.3 is 9.47 Å². The molecule has 0 N–H and O–H groups in total. The molecule has 2 aliphatic carbocycles. The molecule has 0 aromatic heterocycles. The van der Waals surface area contributed by atoms with Crippen molar-refractivity contribution in [2.24, 2.45) is 22.7 Å². The molecular formula is C23H39NO4. The summed E-state index contributed by atoms with van der Waals surface area (Å²) in [4.78, 5) is 19.3. The number of ether oxygens (including phenoxy) is 2. The molecule has 2 heterocycles. The lowest BCUT2D eigenvalue weighted by Gasteiger charge is -2.38. The lowest BCUT2D eigenvalue weighted by Crippen LogP contribution is -2.42. The molecule has 0 unspecified atom stereocenters. The molecule has 160 valence electrons. The molecule has 4 fully saturated rings. The van der Waals surface area contributed by atoms with E-state index in [1.807, 2.05) is 6.92 Å². The highest BCUT2D eigenvalue weighted by Crippen LogP contribution is 2.70. The van der Waals surface area contributed by atoms with Crippen LogP contribution in [0.5, 0.6) is 0 Å². The first-order valence-electron chi connectivity index (χ1n) is 11.6. The Kier molecular flexibility index (Phi) is 5.56. The van der Waals surface area contributed by atoms with E-state index in [9.17, 15) is 4.79 Å². The quantitative estimate of drug-likeness (QED) is 0.442. The number of hydrogen-bond acceptors (Lipinski definition) is 5. The van der Waals surface area contributed by atoms with Gasteiger partial charge in [-0.3, -0.25) is 9.63 Å². The zero-order valence-electron chi connectivity index (χ0n) is 18.4. The van der Waals surface area contributed by atoms with E-state index in [-0.39, 0.29) is 47.2 Å². The number of unbranched alkanes of at least 4 members (excludes halogenated alkanes) is 4. The van der Waals surface area contributed by atoms with E-state index in [0.717, 1.165) is 12.8 Å². The van der Waals surface area contributed by atoms with Crippen LogP contribution in [0.1, 0.15) is 86.0 Å². The Morgan fingerprint density at radius 2 is 1.89 bits per heavy atom. The maximum absolute atomic E-state index is 12.8. The van der Waals surface area contributed by atoms with E-state index in [1.165, 1.54) is 38.5 Å². The van der Waals surface area contributed by atoms with E-state index >= 15 is 0 Å². The fourth-order valence-corrected chi connectivity index (χ4v) is 6.64. The Hall–Kier alpha value is -0.650. The van der Waals surface area contributed by atoms with E-state index in [4.69, 9.17) is 14.3 Å². The van der Waals surface area contributed by atoms with Gasteiger partial charge in [0.05, 0.1) is 24.9 Å². The van der Waals surface area contributed by atoms with Crippen molar-refractivity contribution in [2.75, 3.05) is 6.61 Å². The van der Waals surface area contributed by atoms with Crippen LogP contribution in [0.25, 0.3) is 0 Å². The minimum absolute atomic E-state index is 0.110. The molecule has 0 aromatic rings. The minimum Gasteiger partial charge on any atom is -0.466 e. The maximum Gasteiger partial charge on any atom is 0.315 e. The zero-order valence-corrected chi connectivity index (χ0v) is 18.4. The summed E-state index contributed by atoms with van der Waals surface area (Å²) in [6.45, 7) is 11.7. The van der Waals surface area contributed by atoms with Crippen LogP contribution in [0.4, 0.5) is 0 Å². The number of fused-ring (bicyclic) bond motifs is 7. The second kappa shape index (κ2) is 7.55. The number of nitrogens with zero attached hydrogens (tertiary/aromatic N) is 1. The monoisotopic (exact) mass is 393 g/mol. The van der Waals surface area contributed by atoms with Gasteiger partial charge >= 0.3 is 5.97 Å². The standard InChI is InChI=1S/C23H39NO4/c1-6-8-9-10-11-12-16-17(21(25)26-7-2)20-24(28-16)18-15-13-14-23(5,19(18)27-20)22(15,3)4/h15-20H,6-14H2,1-5H3/t15-,16+,17+,18-,19-,20+,23+/m1/s1. The maximum atomic E-state index is 12.8. The third-order valence-corrected chi connectivity index (χ3v) is 8.67. The van der Waals surface area contributed by atoms with Crippen LogP contribution >= 0.6 is 0 Å². The van der Waals surface area contributed by atoms with Crippen molar-refractivity contribution < 1.29 is 19.1 Å². The summed E-state index contributed by atoms with van der Waals surface area (Å²) in [6, 6.07) is 0.278. The highest BCUT2D eigenvalue weighted by Gasteiger charge is 2.74. The van der Waals surface area contributed by atoms with Gasteiger partial charge in [0, 0.05) is 5.41 Å². The number of rotatable bonds is 8. The van der Waals surface area contributed by atoms with Crippen molar-refractivity contribution in [3.8, 4) is 0 Å². The van der Waals surface area contributed by atoms with Gasteiger partial charge in [0.2, 0.25) is 0 Å². The van der Waals surface area contributed by atoms with Crippen LogP contribution in [-0.4, -0.2) is 42.1 Å². The molecular weight excluding hydrogens is 354 g/mol. The van der Waals surface area contributed by atoms with Crippen molar-refractivity contribution in [2.45, 2.75) is 110 Å². The number of carbonyl (C=O) groups is 1. The predicted molar refractivity (Wildman–Crippen MR) is 107 cm³/mol. The Bertz CT molecular complexity index is 593. The molecule has 2 saturated carbocycles. The number of esters is 1. The van der Waals surface area contributed by atoms with Gasteiger partial charge in [-0.2, -0.15) is 5.06 Å². The van der Waals surface area contributed by atoms with Crippen LogP contribution < -0.4 is 0 Å². The fraction of sp³-hybridized carbons (Fsp3) is 0.957. The Morgan fingerprint density at radius 3 is 2.61 bits per heavy atom. The summed E-state index contributed by atoms with van der Waals surface area (Å²) in [5, 5.41) is 2.10. The van der Waals surface area contributed by atoms with Crippen molar-refractivity contribution in [3.63, 3.8) is 0 Å². The normalized spacial score (nSPS) is 43.3. The second-order valence-electron chi connectivity index (χ2n) is 10.2. The summed E-state index contributed by atoms with van der Waals surface area (Å²) in [6.07, 6.45) is 9.21. The van der Waals surface area contributed by atoms with Gasteiger partial charge in [0.25, 0.3) is 0 Å². The van der Waals surface area contributed by atoms with Crippen molar-refractivity contribution in [3.05, 3.63) is 0 Å². The molecule has 4 rings (SSSR count). The molecule has 5 heteroatoms. The average Bonchev–Trinajstić information content (AvgIpc) is 3.28. The van der Waals surface area contributed by atoms with Gasteiger partial charge in [0.1, 0.15) is 12.1 Å². The molecule has 2 bridgehead atoms. The highest BCUT2D eigenvalue weighted by atomic mass is 16.8. The first-order valence-corrected chi connectivity index (χ1v) is 11.6. The zero-order chi connectivity index (χ0) is 20.1. The summed E-state index contributed by atoms with van der Waals surface area (Å²) in [7, 11) is 0. The molecule has 0 aromatic carbocycles. The summed E-state index contributed by atoms with van der Waals surface area (Å²) < 4.78 is 12.1. The Morgan fingerprint density at radius 1 is 1.14 bits per heavy atom. The fourth-order valence-electron chi connectivity index (χ4n) is 6.64. The molecule has 7 atom stereocenters. The summed E-state index contributed by atoms with van der Waals surface area (Å²) >= 11 is 0. The van der Waals surface area contributed by atoms with Gasteiger partial charge in [0.15, 0.2) is 0 Å². The van der Waals surface area contributed by atoms with Gasteiger partial charge in [-0.1, -0.05) is 59.8 Å². The molecule has 0 spiro atoms.